The van der Waals surface area contributed by atoms with Crippen molar-refractivity contribution in [2.75, 3.05) is 13.7 Å². The van der Waals surface area contributed by atoms with Gasteiger partial charge in [0.2, 0.25) is 5.91 Å². The summed E-state index contributed by atoms with van der Waals surface area (Å²) in [5.74, 6) is 0.720. The van der Waals surface area contributed by atoms with Crippen LogP contribution in [0.1, 0.15) is 83.3 Å². The molecule has 0 spiro atoms. The number of allylic oxidation sites excluding steroid dienone is 1. The Bertz CT molecular complexity index is 1390. The minimum atomic E-state index is -1.18. The van der Waals surface area contributed by atoms with E-state index < -0.39 is 23.4 Å². The summed E-state index contributed by atoms with van der Waals surface area (Å²) in [5, 5.41) is 5.60. The van der Waals surface area contributed by atoms with Gasteiger partial charge in [-0.05, 0) is 93.5 Å². The normalized spacial score (nSPS) is 23.0. The van der Waals surface area contributed by atoms with E-state index in [4.69, 9.17) is 15.2 Å². The number of hydrogen-bond donors (Lipinski definition) is 3. The molecule has 4 N–H and O–H groups in total. The van der Waals surface area contributed by atoms with Crippen molar-refractivity contribution in [3.63, 3.8) is 0 Å². The SMILES string of the molecule is COc1ccc(C(C(=O)C2(C)CCC(C)CC2)C2CC=NC(NC(=O)C(COCc3ccccc3)NC(=O)C(C)(C)N)=CC2)cc1. The van der Waals surface area contributed by atoms with Crippen molar-refractivity contribution < 1.29 is 23.9 Å². The first-order valence-corrected chi connectivity index (χ1v) is 16.3. The molecule has 1 aliphatic heterocycles. The van der Waals surface area contributed by atoms with Crippen LogP contribution in [0.15, 0.2) is 71.5 Å². The third-order valence-corrected chi connectivity index (χ3v) is 9.31. The third-order valence-electron chi connectivity index (χ3n) is 9.31. The minimum Gasteiger partial charge on any atom is -0.497 e. The lowest BCUT2D eigenvalue weighted by Crippen LogP contribution is -2.57. The van der Waals surface area contributed by atoms with Gasteiger partial charge in [-0.15, -0.1) is 0 Å². The number of ketones is 1. The molecule has 0 bridgehead atoms. The number of nitrogens with zero attached hydrogens (tertiary/aromatic N) is 1. The smallest absolute Gasteiger partial charge is 0.250 e. The van der Waals surface area contributed by atoms with Crippen molar-refractivity contribution in [3.05, 3.63) is 77.6 Å². The largest absolute Gasteiger partial charge is 0.497 e. The van der Waals surface area contributed by atoms with Crippen LogP contribution in [-0.2, 0) is 25.7 Å². The van der Waals surface area contributed by atoms with Gasteiger partial charge < -0.3 is 25.8 Å². The maximum Gasteiger partial charge on any atom is 0.250 e. The number of hydrogen-bond acceptors (Lipinski definition) is 7. The summed E-state index contributed by atoms with van der Waals surface area (Å²) in [6, 6.07) is 16.4. The summed E-state index contributed by atoms with van der Waals surface area (Å²) >= 11 is 0. The molecule has 3 unspecified atom stereocenters. The number of ether oxygens (including phenoxy) is 2. The Balaban J connectivity index is 1.50. The fourth-order valence-electron chi connectivity index (χ4n) is 6.13. The van der Waals surface area contributed by atoms with Crippen LogP contribution in [0.2, 0.25) is 0 Å². The summed E-state index contributed by atoms with van der Waals surface area (Å²) in [6.07, 6.45) is 8.64. The Morgan fingerprint density at radius 1 is 1.04 bits per heavy atom. The Kier molecular flexibility index (Phi) is 11.9. The molecule has 1 fully saturated rings. The first-order valence-electron chi connectivity index (χ1n) is 16.3. The number of carbonyl (C=O) groups is 3. The number of benzene rings is 2. The lowest BCUT2D eigenvalue weighted by Gasteiger charge is -2.39. The van der Waals surface area contributed by atoms with Crippen LogP contribution in [0.3, 0.4) is 0 Å². The summed E-state index contributed by atoms with van der Waals surface area (Å²) in [4.78, 5) is 45.2. The van der Waals surface area contributed by atoms with E-state index >= 15 is 0 Å². The average Bonchev–Trinajstić information content (AvgIpc) is 3.27. The van der Waals surface area contributed by atoms with E-state index in [1.165, 1.54) is 0 Å². The lowest BCUT2D eigenvalue weighted by atomic mass is 9.63. The number of nitrogens with one attached hydrogen (secondary N) is 2. The molecule has 9 nitrogen and oxygen atoms in total. The Morgan fingerprint density at radius 3 is 2.35 bits per heavy atom. The van der Waals surface area contributed by atoms with Gasteiger partial charge in [0, 0.05) is 17.5 Å². The maximum atomic E-state index is 14.4. The zero-order valence-corrected chi connectivity index (χ0v) is 27.9. The molecule has 2 aromatic rings. The second-order valence-electron chi connectivity index (χ2n) is 13.7. The number of aliphatic imine (C=N–C) groups is 1. The quantitative estimate of drug-likeness (QED) is 0.270. The van der Waals surface area contributed by atoms with Crippen molar-refractivity contribution in [2.45, 2.75) is 90.3 Å². The number of amides is 2. The molecule has 0 radical (unpaired) electrons. The summed E-state index contributed by atoms with van der Waals surface area (Å²) < 4.78 is 11.2. The van der Waals surface area contributed by atoms with E-state index in [9.17, 15) is 14.4 Å². The molecule has 0 saturated heterocycles. The molecule has 0 aromatic heterocycles. The van der Waals surface area contributed by atoms with E-state index in [0.717, 1.165) is 42.6 Å². The molecule has 1 aliphatic carbocycles. The standard InChI is InChI=1S/C37H50N4O5/c1-25-17-20-37(4,21-18-25)33(42)32(27-11-14-29(45-5)15-12-27)28-13-16-31(39-22-19-28)41-34(43)30(40-35(44)36(2,3)38)24-46-23-26-9-7-6-8-10-26/h6-12,14-16,22,25,28,30,32H,13,17-21,23-24,38H2,1-5H3,(H,40,44)(H,41,43). The lowest BCUT2D eigenvalue weighted by molar-refractivity contribution is -0.133. The molecule has 4 rings (SSSR count). The van der Waals surface area contributed by atoms with Gasteiger partial charge in [0.15, 0.2) is 0 Å². The summed E-state index contributed by atoms with van der Waals surface area (Å²) in [7, 11) is 1.63. The van der Waals surface area contributed by atoms with Gasteiger partial charge in [0.05, 0.1) is 25.9 Å². The van der Waals surface area contributed by atoms with Gasteiger partial charge in [-0.25, -0.2) is 4.99 Å². The number of carbonyl (C=O) groups excluding carboxylic acids is 3. The van der Waals surface area contributed by atoms with E-state index in [2.05, 4.69) is 29.5 Å². The molecule has 1 saturated carbocycles. The first kappa shape index (κ1) is 35.0. The Morgan fingerprint density at radius 2 is 1.72 bits per heavy atom. The number of methoxy groups -OCH3 is 1. The van der Waals surface area contributed by atoms with Crippen LogP contribution < -0.4 is 21.1 Å². The topological polar surface area (TPSA) is 132 Å². The maximum absolute atomic E-state index is 14.4. The highest BCUT2D eigenvalue weighted by atomic mass is 16.5. The molecule has 1 heterocycles. The molecular weight excluding hydrogens is 580 g/mol. The van der Waals surface area contributed by atoms with Crippen LogP contribution >= 0.6 is 0 Å². The second kappa shape index (κ2) is 15.6. The highest BCUT2D eigenvalue weighted by Crippen LogP contribution is 2.45. The van der Waals surface area contributed by atoms with Gasteiger partial charge in [0.1, 0.15) is 23.4 Å². The number of Topliss-reactive ketones (excluding diaryl/α,β-unsaturated/α-hetero) is 1. The molecule has 248 valence electrons. The molecule has 2 aromatic carbocycles. The monoisotopic (exact) mass is 630 g/mol. The van der Waals surface area contributed by atoms with Crippen LogP contribution in [0.4, 0.5) is 0 Å². The number of rotatable bonds is 13. The van der Waals surface area contributed by atoms with Crippen molar-refractivity contribution in [1.82, 2.24) is 10.6 Å². The molecule has 46 heavy (non-hydrogen) atoms. The summed E-state index contributed by atoms with van der Waals surface area (Å²) in [5.41, 5.74) is 6.35. The zero-order chi connectivity index (χ0) is 33.3. The van der Waals surface area contributed by atoms with Crippen molar-refractivity contribution in [2.24, 2.45) is 28.0 Å². The van der Waals surface area contributed by atoms with Gasteiger partial charge in [-0.1, -0.05) is 56.3 Å². The van der Waals surface area contributed by atoms with Crippen molar-refractivity contribution in [3.8, 4) is 5.75 Å². The highest BCUT2D eigenvalue weighted by molar-refractivity contribution is 5.93. The highest BCUT2D eigenvalue weighted by Gasteiger charge is 2.43. The van der Waals surface area contributed by atoms with Gasteiger partial charge in [0.25, 0.3) is 5.91 Å². The third kappa shape index (κ3) is 9.36. The zero-order valence-electron chi connectivity index (χ0n) is 27.9. The van der Waals surface area contributed by atoms with Gasteiger partial charge in [-0.3, -0.25) is 14.4 Å². The molecular formula is C37H50N4O5. The predicted molar refractivity (Wildman–Crippen MR) is 180 cm³/mol. The van der Waals surface area contributed by atoms with Gasteiger partial charge in [-0.2, -0.15) is 0 Å². The van der Waals surface area contributed by atoms with E-state index in [1.54, 1.807) is 27.2 Å². The van der Waals surface area contributed by atoms with Crippen LogP contribution in [0, 0.1) is 17.3 Å². The summed E-state index contributed by atoms with van der Waals surface area (Å²) in [6.45, 7) is 7.78. The average molecular weight is 631 g/mol. The van der Waals surface area contributed by atoms with Crippen LogP contribution in [-0.4, -0.2) is 49.1 Å². The molecule has 9 heteroatoms. The molecule has 2 aliphatic rings. The fourth-order valence-corrected chi connectivity index (χ4v) is 6.13. The first-order chi connectivity index (χ1) is 21.9. The minimum absolute atomic E-state index is 0.0435. The van der Waals surface area contributed by atoms with Crippen LogP contribution in [0.5, 0.6) is 5.75 Å². The van der Waals surface area contributed by atoms with Crippen molar-refractivity contribution >= 4 is 23.8 Å². The fraction of sp³-hybridized carbons (Fsp3) is 0.514. The van der Waals surface area contributed by atoms with E-state index in [-0.39, 0.29) is 36.2 Å². The van der Waals surface area contributed by atoms with Crippen molar-refractivity contribution in [1.29, 1.82) is 0 Å². The Labute approximate surface area is 273 Å². The van der Waals surface area contributed by atoms with E-state index in [0.29, 0.717) is 24.6 Å². The van der Waals surface area contributed by atoms with E-state index in [1.807, 2.05) is 60.7 Å². The second-order valence-corrected chi connectivity index (χ2v) is 13.7. The molecule has 2 amide bonds. The van der Waals surface area contributed by atoms with Gasteiger partial charge >= 0.3 is 0 Å². The Hall–Kier alpha value is -3.82. The number of nitrogens with two attached hydrogens (primary N) is 1. The molecule has 3 atom stereocenters. The predicted octanol–water partition coefficient (Wildman–Crippen LogP) is 5.44. The van der Waals surface area contributed by atoms with Crippen LogP contribution in [0.25, 0.3) is 0 Å².